The fourth-order valence-corrected chi connectivity index (χ4v) is 2.35. The van der Waals surface area contributed by atoms with Gasteiger partial charge in [-0.3, -0.25) is 0 Å². The van der Waals surface area contributed by atoms with Gasteiger partial charge in [-0.15, -0.1) is 0 Å². The molecular formula is C14H23BrN2. The first kappa shape index (κ1) is 14.7. The normalized spacial score (nSPS) is 14.1. The van der Waals surface area contributed by atoms with E-state index in [4.69, 9.17) is 0 Å². The van der Waals surface area contributed by atoms with E-state index in [0.29, 0.717) is 6.04 Å². The first-order valence-electron chi connectivity index (χ1n) is 5.97. The van der Waals surface area contributed by atoms with Crippen LogP contribution in [0.25, 0.3) is 0 Å². The number of hydrogen-bond donors (Lipinski definition) is 1. The van der Waals surface area contributed by atoms with Gasteiger partial charge in [0, 0.05) is 16.1 Å². The van der Waals surface area contributed by atoms with Crippen LogP contribution in [0.5, 0.6) is 0 Å². The highest BCUT2D eigenvalue weighted by Crippen LogP contribution is 2.23. The van der Waals surface area contributed by atoms with E-state index in [1.54, 1.807) is 0 Å². The number of halogens is 1. The highest BCUT2D eigenvalue weighted by Gasteiger charge is 2.30. The summed E-state index contributed by atoms with van der Waals surface area (Å²) in [5, 5.41) is 3.44. The summed E-state index contributed by atoms with van der Waals surface area (Å²) in [4.78, 5) is 2.27. The highest BCUT2D eigenvalue weighted by atomic mass is 79.9. The van der Waals surface area contributed by atoms with Crippen molar-refractivity contribution in [1.29, 1.82) is 0 Å². The zero-order chi connectivity index (χ0) is 13.1. The molecule has 2 nitrogen and oxygen atoms in total. The van der Waals surface area contributed by atoms with Gasteiger partial charge >= 0.3 is 0 Å². The van der Waals surface area contributed by atoms with Crippen LogP contribution in [-0.2, 0) is 6.42 Å². The molecule has 0 aliphatic carbocycles. The Kier molecular flexibility index (Phi) is 5.17. The first-order valence-corrected chi connectivity index (χ1v) is 6.77. The zero-order valence-corrected chi connectivity index (χ0v) is 13.0. The second-order valence-electron chi connectivity index (χ2n) is 5.18. The maximum absolute atomic E-state index is 3.62. The van der Waals surface area contributed by atoms with E-state index in [2.05, 4.69) is 78.4 Å². The monoisotopic (exact) mass is 298 g/mol. The van der Waals surface area contributed by atoms with Gasteiger partial charge in [-0.25, -0.2) is 0 Å². The molecule has 3 heteroatoms. The number of nitrogens with zero attached hydrogens (tertiary/aromatic N) is 1. The molecule has 0 saturated carbocycles. The predicted molar refractivity (Wildman–Crippen MR) is 78.5 cm³/mol. The second kappa shape index (κ2) is 5.98. The van der Waals surface area contributed by atoms with Crippen LogP contribution in [0, 0.1) is 0 Å². The zero-order valence-electron chi connectivity index (χ0n) is 11.4. The quantitative estimate of drug-likeness (QED) is 0.899. The van der Waals surface area contributed by atoms with Gasteiger partial charge in [-0.05, 0) is 53.0 Å². The third-order valence-electron chi connectivity index (χ3n) is 3.74. The van der Waals surface area contributed by atoms with Gasteiger partial charge in [0.05, 0.1) is 0 Å². The number of hydrogen-bond acceptors (Lipinski definition) is 2. The van der Waals surface area contributed by atoms with E-state index in [1.165, 1.54) is 10.0 Å². The Hall–Kier alpha value is -0.380. The summed E-state index contributed by atoms with van der Waals surface area (Å²) < 4.78 is 1.19. The Balaban J connectivity index is 2.88. The van der Waals surface area contributed by atoms with Crippen molar-refractivity contribution in [2.24, 2.45) is 0 Å². The van der Waals surface area contributed by atoms with Crippen LogP contribution in [0.3, 0.4) is 0 Å². The number of rotatable bonds is 5. The lowest BCUT2D eigenvalue weighted by molar-refractivity contribution is 0.141. The molecule has 1 unspecified atom stereocenters. The van der Waals surface area contributed by atoms with E-state index < -0.39 is 0 Å². The molecule has 17 heavy (non-hydrogen) atoms. The van der Waals surface area contributed by atoms with E-state index in [9.17, 15) is 0 Å². The minimum atomic E-state index is 0.115. The van der Waals surface area contributed by atoms with Crippen LogP contribution in [0.2, 0.25) is 0 Å². The lowest BCUT2D eigenvalue weighted by atomic mass is 9.88. The average molecular weight is 299 g/mol. The Morgan fingerprint density at radius 3 is 2.35 bits per heavy atom. The van der Waals surface area contributed by atoms with Crippen molar-refractivity contribution in [3.05, 3.63) is 34.3 Å². The molecule has 0 aliphatic rings. The Bertz CT molecular complexity index is 361. The maximum Gasteiger partial charge on any atom is 0.0303 e. The molecule has 1 rings (SSSR count). The molecule has 0 amide bonds. The van der Waals surface area contributed by atoms with Crippen molar-refractivity contribution in [1.82, 2.24) is 10.2 Å². The van der Waals surface area contributed by atoms with Crippen LogP contribution in [0.15, 0.2) is 28.7 Å². The minimum Gasteiger partial charge on any atom is -0.315 e. The molecule has 0 saturated heterocycles. The van der Waals surface area contributed by atoms with E-state index >= 15 is 0 Å². The van der Waals surface area contributed by atoms with E-state index in [1.807, 2.05) is 7.05 Å². The van der Waals surface area contributed by atoms with E-state index in [-0.39, 0.29) is 5.54 Å². The van der Waals surface area contributed by atoms with Gasteiger partial charge in [-0.1, -0.05) is 34.1 Å². The maximum atomic E-state index is 3.62. The van der Waals surface area contributed by atoms with Gasteiger partial charge in [0.2, 0.25) is 0 Å². The first-order chi connectivity index (χ1) is 7.89. The topological polar surface area (TPSA) is 15.3 Å². The summed E-state index contributed by atoms with van der Waals surface area (Å²) in [7, 11) is 6.29. The van der Waals surface area contributed by atoms with Gasteiger partial charge in [0.25, 0.3) is 0 Å². The number of benzene rings is 1. The van der Waals surface area contributed by atoms with Crippen LogP contribution in [0.4, 0.5) is 0 Å². The van der Waals surface area contributed by atoms with Crippen molar-refractivity contribution >= 4 is 15.9 Å². The van der Waals surface area contributed by atoms with Crippen LogP contribution < -0.4 is 5.32 Å². The van der Waals surface area contributed by atoms with Gasteiger partial charge in [-0.2, -0.15) is 0 Å². The van der Waals surface area contributed by atoms with Crippen LogP contribution in [0.1, 0.15) is 19.4 Å². The summed E-state index contributed by atoms with van der Waals surface area (Å²) in [5.74, 6) is 0. The molecule has 96 valence electrons. The molecule has 0 radical (unpaired) electrons. The van der Waals surface area contributed by atoms with Crippen molar-refractivity contribution in [2.45, 2.75) is 31.8 Å². The molecule has 1 N–H and O–H groups in total. The molecule has 1 aromatic carbocycles. The largest absolute Gasteiger partial charge is 0.315 e. The summed E-state index contributed by atoms with van der Waals surface area (Å²) >= 11 is 3.62. The summed E-state index contributed by atoms with van der Waals surface area (Å²) in [6.07, 6.45) is 1.02. The Morgan fingerprint density at radius 2 is 1.88 bits per heavy atom. The fourth-order valence-electron chi connectivity index (χ4n) is 1.90. The van der Waals surface area contributed by atoms with E-state index in [0.717, 1.165) is 6.42 Å². The average Bonchev–Trinajstić information content (AvgIpc) is 2.27. The van der Waals surface area contributed by atoms with Gasteiger partial charge < -0.3 is 10.2 Å². The standard InChI is InChI=1S/C14H23BrN2/c1-14(2,17(4)5)13(16-3)10-11-8-6-7-9-12(11)15/h6-9,13,16H,10H2,1-5H3. The minimum absolute atomic E-state index is 0.115. The van der Waals surface area contributed by atoms with Gasteiger partial charge in [0.1, 0.15) is 0 Å². The van der Waals surface area contributed by atoms with Crippen molar-refractivity contribution < 1.29 is 0 Å². The molecule has 0 fully saturated rings. The second-order valence-corrected chi connectivity index (χ2v) is 6.04. The van der Waals surface area contributed by atoms with Crippen molar-refractivity contribution in [3.8, 4) is 0 Å². The molecule has 0 spiro atoms. The number of nitrogens with one attached hydrogen (secondary N) is 1. The molecular weight excluding hydrogens is 276 g/mol. The third-order valence-corrected chi connectivity index (χ3v) is 4.51. The smallest absolute Gasteiger partial charge is 0.0303 e. The summed E-state index contributed by atoms with van der Waals surface area (Å²) in [6, 6.07) is 8.84. The van der Waals surface area contributed by atoms with Crippen molar-refractivity contribution in [3.63, 3.8) is 0 Å². The fraction of sp³-hybridized carbons (Fsp3) is 0.571. The molecule has 1 atom stereocenters. The van der Waals surface area contributed by atoms with Crippen molar-refractivity contribution in [2.75, 3.05) is 21.1 Å². The van der Waals surface area contributed by atoms with Crippen LogP contribution in [-0.4, -0.2) is 37.6 Å². The van der Waals surface area contributed by atoms with Gasteiger partial charge in [0.15, 0.2) is 0 Å². The molecule has 0 aromatic heterocycles. The lowest BCUT2D eigenvalue weighted by Gasteiger charge is -2.40. The number of likely N-dealkylation sites (N-methyl/N-ethyl adjacent to an activating group) is 2. The third kappa shape index (κ3) is 3.54. The summed E-state index contributed by atoms with van der Waals surface area (Å²) in [6.45, 7) is 4.54. The molecule has 0 aliphatic heterocycles. The summed E-state index contributed by atoms with van der Waals surface area (Å²) in [5.41, 5.74) is 1.46. The molecule has 0 heterocycles. The molecule has 0 bridgehead atoms. The predicted octanol–water partition coefficient (Wildman–Crippen LogP) is 2.92. The SMILES string of the molecule is CNC(Cc1ccccc1Br)C(C)(C)N(C)C. The Labute approximate surface area is 114 Å². The molecule has 1 aromatic rings. The Morgan fingerprint density at radius 1 is 1.29 bits per heavy atom. The lowest BCUT2D eigenvalue weighted by Crippen LogP contribution is -2.55. The van der Waals surface area contributed by atoms with Crippen LogP contribution >= 0.6 is 15.9 Å². The highest BCUT2D eigenvalue weighted by molar-refractivity contribution is 9.10.